The molecule has 0 saturated heterocycles. The van der Waals surface area contributed by atoms with Crippen molar-refractivity contribution in [2.75, 3.05) is 0 Å². The fourth-order valence-corrected chi connectivity index (χ4v) is 4.12. The molecule has 4 N–H and O–H groups in total. The Kier molecular flexibility index (Phi) is 5.00. The molecule has 5 nitrogen and oxygen atoms in total. The molecule has 1 aromatic rings. The highest BCUT2D eigenvalue weighted by Gasteiger charge is 2.30. The Morgan fingerprint density at radius 2 is 1.81 bits per heavy atom. The number of hydrogen-bond donors (Lipinski definition) is 3. The van der Waals surface area contributed by atoms with Crippen molar-refractivity contribution in [1.82, 2.24) is 4.72 Å². The van der Waals surface area contributed by atoms with E-state index in [1.165, 1.54) is 6.42 Å². The van der Waals surface area contributed by atoms with Crippen molar-refractivity contribution >= 4 is 15.9 Å². The number of hydrogen-bond acceptors (Lipinski definition) is 3. The Morgan fingerprint density at radius 1 is 1.24 bits per heavy atom. The summed E-state index contributed by atoms with van der Waals surface area (Å²) in [6.45, 7) is 1.91. The van der Waals surface area contributed by atoms with Crippen molar-refractivity contribution in [1.29, 1.82) is 5.41 Å². The van der Waals surface area contributed by atoms with Crippen molar-refractivity contribution in [3.63, 3.8) is 0 Å². The second-order valence-corrected chi connectivity index (χ2v) is 7.48. The summed E-state index contributed by atoms with van der Waals surface area (Å²) >= 11 is 0. The van der Waals surface area contributed by atoms with Crippen LogP contribution in [0.4, 0.5) is 0 Å². The predicted molar refractivity (Wildman–Crippen MR) is 83.8 cm³/mol. The van der Waals surface area contributed by atoms with Gasteiger partial charge in [0.25, 0.3) is 0 Å². The third-order valence-corrected chi connectivity index (χ3v) is 5.53. The van der Waals surface area contributed by atoms with E-state index in [4.69, 9.17) is 11.1 Å². The number of amidine groups is 1. The molecule has 1 fully saturated rings. The minimum Gasteiger partial charge on any atom is -0.386 e. The summed E-state index contributed by atoms with van der Waals surface area (Å²) in [6.07, 6.45) is 5.15. The van der Waals surface area contributed by atoms with Crippen LogP contribution in [0.15, 0.2) is 29.2 Å². The highest BCUT2D eigenvalue weighted by molar-refractivity contribution is 7.89. The molecule has 1 saturated carbocycles. The van der Waals surface area contributed by atoms with Crippen LogP contribution in [0.25, 0.3) is 0 Å². The van der Waals surface area contributed by atoms with Crippen LogP contribution in [-0.4, -0.2) is 20.3 Å². The predicted octanol–water partition coefficient (Wildman–Crippen LogP) is 2.16. The summed E-state index contributed by atoms with van der Waals surface area (Å²) in [7, 11) is -3.64. The molecule has 1 unspecified atom stereocenters. The first-order valence-electron chi connectivity index (χ1n) is 7.33. The maximum atomic E-state index is 12.4. The van der Waals surface area contributed by atoms with Gasteiger partial charge in [0.15, 0.2) is 0 Å². The monoisotopic (exact) mass is 309 g/mol. The summed E-state index contributed by atoms with van der Waals surface area (Å²) in [5, 5.41) is 7.72. The van der Waals surface area contributed by atoms with Gasteiger partial charge in [-0.15, -0.1) is 0 Å². The zero-order valence-corrected chi connectivity index (χ0v) is 13.1. The van der Waals surface area contributed by atoms with Crippen LogP contribution in [0.2, 0.25) is 0 Å². The zero-order chi connectivity index (χ0) is 15.5. The van der Waals surface area contributed by atoms with E-state index in [1.54, 1.807) is 24.3 Å². The van der Waals surface area contributed by atoms with Crippen LogP contribution in [0.1, 0.15) is 37.7 Å². The molecule has 1 aromatic carbocycles. The Bertz CT molecular complexity index is 590. The molecule has 6 heteroatoms. The van der Waals surface area contributed by atoms with Crippen LogP contribution < -0.4 is 10.5 Å². The number of nitrogens with one attached hydrogen (secondary N) is 2. The fraction of sp³-hybridized carbons (Fsp3) is 0.533. The van der Waals surface area contributed by atoms with Gasteiger partial charge in [-0.3, -0.25) is 5.41 Å². The lowest BCUT2D eigenvalue weighted by Gasteiger charge is -2.29. The molecule has 1 aliphatic rings. The quantitative estimate of drug-likeness (QED) is 0.574. The topological polar surface area (TPSA) is 96.0 Å². The van der Waals surface area contributed by atoms with Crippen LogP contribution in [-0.2, 0) is 10.0 Å². The largest absolute Gasteiger partial charge is 0.386 e. The minimum atomic E-state index is -3.64. The maximum absolute atomic E-state index is 12.4. The summed E-state index contributed by atoms with van der Waals surface area (Å²) in [5.74, 6) is 0.0223. The van der Waals surface area contributed by atoms with Gasteiger partial charge in [0, 0.05) is 0 Å². The summed E-state index contributed by atoms with van der Waals surface area (Å²) in [6, 6.07) is 6.08. The summed E-state index contributed by atoms with van der Waals surface area (Å²) in [4.78, 5) is 0.218. The van der Waals surface area contributed by atoms with E-state index in [-0.39, 0.29) is 16.6 Å². The standard InChI is InChI=1S/C15H23N3O2S/c1-11-7-9-13(10-8-11)21(19,20)18-14(15(16)17)12-5-3-2-4-6-12/h7-10,12,14,18H,2-6H2,1H3,(H3,16,17). The second-order valence-electron chi connectivity index (χ2n) is 5.77. The highest BCUT2D eigenvalue weighted by Crippen LogP contribution is 2.27. The molecule has 2 rings (SSSR count). The van der Waals surface area contributed by atoms with Crippen molar-refractivity contribution in [3.05, 3.63) is 29.8 Å². The molecule has 0 heterocycles. The summed E-state index contributed by atoms with van der Waals surface area (Å²) < 4.78 is 27.5. The third-order valence-electron chi connectivity index (χ3n) is 4.07. The van der Waals surface area contributed by atoms with E-state index in [9.17, 15) is 8.42 Å². The van der Waals surface area contributed by atoms with E-state index in [0.717, 1.165) is 31.2 Å². The molecule has 0 bridgehead atoms. The second kappa shape index (κ2) is 6.58. The Hall–Kier alpha value is -1.40. The smallest absolute Gasteiger partial charge is 0.241 e. The SMILES string of the molecule is Cc1ccc(S(=O)(=O)NC(C(=N)N)C2CCCCC2)cc1. The molecule has 1 atom stereocenters. The van der Waals surface area contributed by atoms with Gasteiger partial charge in [0.05, 0.1) is 10.9 Å². The third kappa shape index (κ3) is 4.04. The van der Waals surface area contributed by atoms with Gasteiger partial charge in [0.1, 0.15) is 5.84 Å². The first-order chi connectivity index (χ1) is 9.90. The fourth-order valence-electron chi connectivity index (χ4n) is 2.83. The number of aryl methyl sites for hydroxylation is 1. The highest BCUT2D eigenvalue weighted by atomic mass is 32.2. The van der Waals surface area contributed by atoms with Crippen molar-refractivity contribution in [2.45, 2.75) is 50.0 Å². The molecule has 0 amide bonds. The van der Waals surface area contributed by atoms with Gasteiger partial charge in [-0.05, 0) is 37.8 Å². The Morgan fingerprint density at radius 3 is 2.33 bits per heavy atom. The molecule has 1 aliphatic carbocycles. The maximum Gasteiger partial charge on any atom is 0.241 e. The van der Waals surface area contributed by atoms with E-state index in [1.807, 2.05) is 6.92 Å². The number of benzene rings is 1. The van der Waals surface area contributed by atoms with E-state index < -0.39 is 16.1 Å². The summed E-state index contributed by atoms with van der Waals surface area (Å²) in [5.41, 5.74) is 6.64. The zero-order valence-electron chi connectivity index (χ0n) is 12.3. The molecule has 116 valence electrons. The van der Waals surface area contributed by atoms with Crippen molar-refractivity contribution < 1.29 is 8.42 Å². The van der Waals surface area contributed by atoms with Crippen LogP contribution in [0.5, 0.6) is 0 Å². The molecule has 0 spiro atoms. The molecule has 0 radical (unpaired) electrons. The average molecular weight is 309 g/mol. The average Bonchev–Trinajstić information content (AvgIpc) is 2.46. The van der Waals surface area contributed by atoms with E-state index >= 15 is 0 Å². The molecule has 0 aromatic heterocycles. The minimum absolute atomic E-state index is 0.0995. The first kappa shape index (κ1) is 16.0. The number of sulfonamides is 1. The Balaban J connectivity index is 2.18. The van der Waals surface area contributed by atoms with Gasteiger partial charge >= 0.3 is 0 Å². The molecular weight excluding hydrogens is 286 g/mol. The lowest BCUT2D eigenvalue weighted by molar-refractivity contribution is 0.328. The lowest BCUT2D eigenvalue weighted by atomic mass is 9.84. The van der Waals surface area contributed by atoms with E-state index in [0.29, 0.717) is 0 Å². The van der Waals surface area contributed by atoms with Gasteiger partial charge in [-0.25, -0.2) is 13.1 Å². The lowest BCUT2D eigenvalue weighted by Crippen LogP contribution is -2.49. The normalized spacial score (nSPS) is 18.3. The number of nitrogens with two attached hydrogens (primary N) is 1. The first-order valence-corrected chi connectivity index (χ1v) is 8.81. The van der Waals surface area contributed by atoms with Crippen LogP contribution in [0.3, 0.4) is 0 Å². The molecule has 21 heavy (non-hydrogen) atoms. The van der Waals surface area contributed by atoms with Crippen LogP contribution in [0, 0.1) is 18.3 Å². The number of rotatable bonds is 5. The van der Waals surface area contributed by atoms with E-state index in [2.05, 4.69) is 4.72 Å². The van der Waals surface area contributed by atoms with Gasteiger partial charge in [-0.1, -0.05) is 37.0 Å². The molecule has 0 aliphatic heterocycles. The van der Waals surface area contributed by atoms with Gasteiger partial charge in [-0.2, -0.15) is 0 Å². The van der Waals surface area contributed by atoms with Crippen molar-refractivity contribution in [3.8, 4) is 0 Å². The van der Waals surface area contributed by atoms with Crippen molar-refractivity contribution in [2.24, 2.45) is 11.7 Å². The molecular formula is C15H23N3O2S. The van der Waals surface area contributed by atoms with Crippen LogP contribution >= 0.6 is 0 Å². The Labute approximate surface area is 126 Å². The van der Waals surface area contributed by atoms with Gasteiger partial charge in [0.2, 0.25) is 10.0 Å². The van der Waals surface area contributed by atoms with Gasteiger partial charge < -0.3 is 5.73 Å².